The van der Waals surface area contributed by atoms with Crippen molar-refractivity contribution in [1.29, 1.82) is 0 Å². The maximum atomic E-state index is 14.0. The highest BCUT2D eigenvalue weighted by atomic mass is 32.2. The monoisotopic (exact) mass is 645 g/mol. The van der Waals surface area contributed by atoms with Gasteiger partial charge in [0.15, 0.2) is 11.6 Å². The number of hydrogen-bond donors (Lipinski definition) is 3. The van der Waals surface area contributed by atoms with Crippen molar-refractivity contribution >= 4 is 21.9 Å². The highest BCUT2D eigenvalue weighted by Crippen LogP contribution is 2.40. The van der Waals surface area contributed by atoms with Crippen LogP contribution in [0.4, 0.5) is 13.2 Å². The fraction of sp³-hybridized carbons (Fsp3) is 0.394. The van der Waals surface area contributed by atoms with Gasteiger partial charge < -0.3 is 16.0 Å². The van der Waals surface area contributed by atoms with Crippen molar-refractivity contribution in [2.24, 2.45) is 11.7 Å². The van der Waals surface area contributed by atoms with Gasteiger partial charge in [-0.05, 0) is 80.7 Å². The van der Waals surface area contributed by atoms with Crippen molar-refractivity contribution in [3.05, 3.63) is 101 Å². The number of benzene rings is 3. The molecule has 12 heteroatoms. The molecule has 0 aliphatic carbocycles. The SMILES string of the molecule is Cc1ccc(S(=O)(=O)O)cc1.N[C@H](Cc1cc(F)c(F)cc1F)[C@@H]1C[C@H]2CC[C@@H](C1)N2C(=O)CNC(=O)CCc1ccccc1. The molecule has 0 saturated carbocycles. The molecule has 3 aromatic carbocycles. The third-order valence-electron chi connectivity index (χ3n) is 8.45. The van der Waals surface area contributed by atoms with Crippen LogP contribution in [0.3, 0.4) is 0 Å². The van der Waals surface area contributed by atoms with Crippen LogP contribution in [0.15, 0.2) is 71.6 Å². The van der Waals surface area contributed by atoms with E-state index in [1.165, 1.54) is 12.1 Å². The van der Waals surface area contributed by atoms with E-state index in [0.29, 0.717) is 31.7 Å². The van der Waals surface area contributed by atoms with Crippen molar-refractivity contribution in [2.45, 2.75) is 74.9 Å². The molecule has 2 aliphatic rings. The first-order valence-corrected chi connectivity index (χ1v) is 16.3. The molecule has 2 heterocycles. The molecule has 4 N–H and O–H groups in total. The molecule has 45 heavy (non-hydrogen) atoms. The van der Waals surface area contributed by atoms with Gasteiger partial charge in [0.25, 0.3) is 10.1 Å². The predicted molar refractivity (Wildman–Crippen MR) is 163 cm³/mol. The van der Waals surface area contributed by atoms with Crippen LogP contribution in [0.2, 0.25) is 0 Å². The number of halogens is 3. The van der Waals surface area contributed by atoms with Gasteiger partial charge in [-0.15, -0.1) is 0 Å². The number of carbonyl (C=O) groups excluding carboxylic acids is 2. The van der Waals surface area contributed by atoms with Crippen LogP contribution < -0.4 is 11.1 Å². The summed E-state index contributed by atoms with van der Waals surface area (Å²) in [5.41, 5.74) is 8.44. The van der Waals surface area contributed by atoms with Crippen LogP contribution in [-0.2, 0) is 32.5 Å². The van der Waals surface area contributed by atoms with Gasteiger partial charge in [-0.1, -0.05) is 48.0 Å². The Morgan fingerprint density at radius 2 is 1.56 bits per heavy atom. The minimum absolute atomic E-state index is 0.0262. The Morgan fingerprint density at radius 1 is 0.956 bits per heavy atom. The van der Waals surface area contributed by atoms with E-state index in [4.69, 9.17) is 10.3 Å². The molecule has 2 fully saturated rings. The van der Waals surface area contributed by atoms with Gasteiger partial charge in [-0.3, -0.25) is 14.1 Å². The van der Waals surface area contributed by atoms with Crippen molar-refractivity contribution in [2.75, 3.05) is 6.54 Å². The zero-order valence-electron chi connectivity index (χ0n) is 25.0. The molecule has 8 nitrogen and oxygen atoms in total. The molecule has 2 saturated heterocycles. The first kappa shape index (κ1) is 34.1. The average molecular weight is 646 g/mol. The summed E-state index contributed by atoms with van der Waals surface area (Å²) >= 11 is 0. The fourth-order valence-electron chi connectivity index (χ4n) is 6.08. The molecule has 4 atom stereocenters. The summed E-state index contributed by atoms with van der Waals surface area (Å²) in [6, 6.07) is 16.8. The number of amides is 2. The zero-order valence-corrected chi connectivity index (χ0v) is 25.8. The number of rotatable bonds is 9. The van der Waals surface area contributed by atoms with E-state index in [1.807, 2.05) is 42.2 Å². The molecule has 2 amide bonds. The van der Waals surface area contributed by atoms with E-state index in [0.717, 1.165) is 30.0 Å². The van der Waals surface area contributed by atoms with Crippen LogP contribution in [-0.4, -0.2) is 54.4 Å². The number of aryl methyl sites for hydroxylation is 2. The molecular weight excluding hydrogens is 607 g/mol. The second-order valence-electron chi connectivity index (χ2n) is 11.7. The summed E-state index contributed by atoms with van der Waals surface area (Å²) < 4.78 is 70.3. The smallest absolute Gasteiger partial charge is 0.294 e. The second-order valence-corrected chi connectivity index (χ2v) is 13.1. The maximum absolute atomic E-state index is 14.0. The van der Waals surface area contributed by atoms with Crippen LogP contribution >= 0.6 is 0 Å². The van der Waals surface area contributed by atoms with E-state index in [9.17, 15) is 31.2 Å². The molecule has 0 spiro atoms. The number of carbonyl (C=O) groups is 2. The maximum Gasteiger partial charge on any atom is 0.294 e. The predicted octanol–water partition coefficient (Wildman–Crippen LogP) is 4.73. The lowest BCUT2D eigenvalue weighted by Gasteiger charge is -2.41. The highest BCUT2D eigenvalue weighted by molar-refractivity contribution is 7.85. The van der Waals surface area contributed by atoms with Crippen molar-refractivity contribution < 1.29 is 35.7 Å². The molecule has 2 bridgehead atoms. The summed E-state index contributed by atoms with van der Waals surface area (Å²) in [5, 5.41) is 2.74. The number of nitrogens with one attached hydrogen (secondary N) is 1. The minimum Gasteiger partial charge on any atom is -0.347 e. The van der Waals surface area contributed by atoms with Gasteiger partial charge in [0, 0.05) is 30.6 Å². The van der Waals surface area contributed by atoms with E-state index < -0.39 is 33.6 Å². The Morgan fingerprint density at radius 3 is 2.16 bits per heavy atom. The first-order valence-electron chi connectivity index (χ1n) is 14.9. The van der Waals surface area contributed by atoms with Crippen LogP contribution in [0, 0.1) is 30.3 Å². The van der Waals surface area contributed by atoms with Crippen molar-refractivity contribution in [3.63, 3.8) is 0 Å². The molecular formula is C33H38F3N3O5S. The van der Waals surface area contributed by atoms with Crippen LogP contribution in [0.5, 0.6) is 0 Å². The standard InChI is InChI=1S/C26H30F3N3O2.C7H8O3S/c27-21-14-23(29)22(28)12-17(21)13-24(30)18-10-19-7-8-20(11-18)32(19)26(34)15-31-25(33)9-6-16-4-2-1-3-5-16;1-6-2-4-7(5-3-6)11(8,9)10/h1-5,12,14,18-20,24H,6-11,13,15,30H2,(H,31,33);2-5H,1H3,(H,8,9,10)/t18-,19-,20+,24-;/m1./s1. The number of piperidine rings is 1. The molecule has 0 aromatic heterocycles. The Labute approximate surface area is 261 Å². The molecule has 0 unspecified atom stereocenters. The second kappa shape index (κ2) is 15.0. The fourth-order valence-corrected chi connectivity index (χ4v) is 6.56. The highest BCUT2D eigenvalue weighted by Gasteiger charge is 2.44. The number of nitrogens with two attached hydrogens (primary N) is 1. The molecule has 3 aromatic rings. The van der Waals surface area contributed by atoms with E-state index >= 15 is 0 Å². The lowest BCUT2D eigenvalue weighted by atomic mass is 9.82. The topological polar surface area (TPSA) is 130 Å². The molecule has 242 valence electrons. The van der Waals surface area contributed by atoms with Crippen LogP contribution in [0.1, 0.15) is 48.8 Å². The average Bonchev–Trinajstić information content (AvgIpc) is 3.27. The van der Waals surface area contributed by atoms with Crippen molar-refractivity contribution in [1.82, 2.24) is 10.2 Å². The lowest BCUT2D eigenvalue weighted by molar-refractivity contribution is -0.137. The molecule has 0 radical (unpaired) electrons. The Hall–Kier alpha value is -3.74. The largest absolute Gasteiger partial charge is 0.347 e. The van der Waals surface area contributed by atoms with Crippen LogP contribution in [0.25, 0.3) is 0 Å². The number of nitrogens with zero attached hydrogens (tertiary/aromatic N) is 1. The summed E-state index contributed by atoms with van der Waals surface area (Å²) in [6.45, 7) is 1.81. The molecule has 2 aliphatic heterocycles. The first-order chi connectivity index (χ1) is 21.3. The normalized spacial score (nSPS) is 19.8. The van der Waals surface area contributed by atoms with Gasteiger partial charge in [-0.25, -0.2) is 13.2 Å². The summed E-state index contributed by atoms with van der Waals surface area (Å²) in [7, 11) is -4.02. The van der Waals surface area contributed by atoms with Gasteiger partial charge in [0.05, 0.1) is 11.4 Å². The summed E-state index contributed by atoms with van der Waals surface area (Å²) in [5.74, 6) is -3.31. The minimum atomic E-state index is -4.02. The number of hydrogen-bond acceptors (Lipinski definition) is 5. The zero-order chi connectivity index (χ0) is 32.7. The van der Waals surface area contributed by atoms with E-state index in [-0.39, 0.29) is 53.2 Å². The molecule has 5 rings (SSSR count). The van der Waals surface area contributed by atoms with Gasteiger partial charge >= 0.3 is 0 Å². The summed E-state index contributed by atoms with van der Waals surface area (Å²) in [6.07, 6.45) is 4.13. The third kappa shape index (κ3) is 9.38. The van der Waals surface area contributed by atoms with Gasteiger partial charge in [0.1, 0.15) is 5.82 Å². The van der Waals surface area contributed by atoms with Crippen molar-refractivity contribution in [3.8, 4) is 0 Å². The van der Waals surface area contributed by atoms with E-state index in [2.05, 4.69) is 5.32 Å². The lowest BCUT2D eigenvalue weighted by Crippen LogP contribution is -2.52. The Kier molecular flexibility index (Phi) is 11.4. The summed E-state index contributed by atoms with van der Waals surface area (Å²) in [4.78, 5) is 26.9. The van der Waals surface area contributed by atoms with Gasteiger partial charge in [0.2, 0.25) is 11.8 Å². The Bertz CT molecular complexity index is 1580. The number of fused-ring (bicyclic) bond motifs is 2. The van der Waals surface area contributed by atoms with E-state index in [1.54, 1.807) is 12.1 Å². The quantitative estimate of drug-likeness (QED) is 0.228. The third-order valence-corrected chi connectivity index (χ3v) is 9.32. The van der Waals surface area contributed by atoms with Gasteiger partial charge in [-0.2, -0.15) is 8.42 Å². The Balaban J connectivity index is 0.000000354.